The number of hydrogen-bond donors (Lipinski definition) is 2. The van der Waals surface area contributed by atoms with Crippen LogP contribution in [0.5, 0.6) is 0 Å². The van der Waals surface area contributed by atoms with Crippen LogP contribution in [0.1, 0.15) is 30.2 Å². The summed E-state index contributed by atoms with van der Waals surface area (Å²) in [6, 6.07) is 12.2. The Balaban J connectivity index is 0.00000312. The molecule has 0 saturated heterocycles. The first-order valence-electron chi connectivity index (χ1n) is 8.45. The van der Waals surface area contributed by atoms with E-state index in [1.165, 1.54) is 11.1 Å². The molecule has 1 aromatic heterocycles. The van der Waals surface area contributed by atoms with Gasteiger partial charge in [0.1, 0.15) is 5.76 Å². The summed E-state index contributed by atoms with van der Waals surface area (Å²) in [7, 11) is 1.78. The molecule has 25 heavy (non-hydrogen) atoms. The summed E-state index contributed by atoms with van der Waals surface area (Å²) in [6.07, 6.45) is 3.56. The molecule has 0 atom stereocenters. The Labute approximate surface area is 167 Å². The first kappa shape index (κ1) is 21.5. The van der Waals surface area contributed by atoms with E-state index in [1.807, 2.05) is 24.3 Å². The molecule has 0 saturated carbocycles. The zero-order valence-corrected chi connectivity index (χ0v) is 17.3. The second-order valence-corrected chi connectivity index (χ2v) is 5.50. The number of guanidine groups is 1. The highest BCUT2D eigenvalue weighted by molar-refractivity contribution is 14.0. The maximum Gasteiger partial charge on any atom is 0.191 e. The maximum absolute atomic E-state index is 5.66. The van der Waals surface area contributed by atoms with Crippen molar-refractivity contribution < 1.29 is 9.15 Å². The van der Waals surface area contributed by atoms with Gasteiger partial charge in [-0.15, -0.1) is 24.0 Å². The zero-order chi connectivity index (χ0) is 17.0. The smallest absolute Gasteiger partial charge is 0.191 e. The fourth-order valence-electron chi connectivity index (χ4n) is 2.36. The highest BCUT2D eigenvalue weighted by Crippen LogP contribution is 2.10. The normalized spacial score (nSPS) is 11.0. The van der Waals surface area contributed by atoms with Crippen LogP contribution in [0.3, 0.4) is 0 Å². The highest BCUT2D eigenvalue weighted by Gasteiger charge is 2.04. The second-order valence-electron chi connectivity index (χ2n) is 5.50. The molecule has 1 aromatic carbocycles. The van der Waals surface area contributed by atoms with Gasteiger partial charge in [-0.05, 0) is 29.7 Å². The lowest BCUT2D eigenvalue weighted by Crippen LogP contribution is -2.38. The standard InChI is InChI=1S/C19H27N3O2.HI/c1-3-12-23-15-17-8-5-4-7-16(17)14-22-19(20-2)21-11-10-18-9-6-13-24-18;/h4-9,13H,3,10-12,14-15H2,1-2H3,(H2,20,21,22);1H. The molecule has 0 aliphatic heterocycles. The number of halogens is 1. The Morgan fingerprint density at radius 3 is 2.60 bits per heavy atom. The van der Waals surface area contributed by atoms with Crippen molar-refractivity contribution in [1.29, 1.82) is 0 Å². The molecule has 0 fully saturated rings. The van der Waals surface area contributed by atoms with Gasteiger partial charge in [0.05, 0.1) is 12.9 Å². The summed E-state index contributed by atoms with van der Waals surface area (Å²) < 4.78 is 11.0. The van der Waals surface area contributed by atoms with Crippen molar-refractivity contribution in [2.45, 2.75) is 32.9 Å². The minimum absolute atomic E-state index is 0. The summed E-state index contributed by atoms with van der Waals surface area (Å²) >= 11 is 0. The highest BCUT2D eigenvalue weighted by atomic mass is 127. The molecule has 0 amide bonds. The van der Waals surface area contributed by atoms with Crippen LogP contribution in [0.2, 0.25) is 0 Å². The van der Waals surface area contributed by atoms with Gasteiger partial charge < -0.3 is 19.8 Å². The van der Waals surface area contributed by atoms with E-state index in [-0.39, 0.29) is 24.0 Å². The topological polar surface area (TPSA) is 58.8 Å². The first-order chi connectivity index (χ1) is 11.8. The van der Waals surface area contributed by atoms with Crippen molar-refractivity contribution in [2.75, 3.05) is 20.2 Å². The second kappa shape index (κ2) is 12.8. The Morgan fingerprint density at radius 2 is 1.92 bits per heavy atom. The summed E-state index contributed by atoms with van der Waals surface area (Å²) in [6.45, 7) is 5.04. The number of aliphatic imine (C=N–C) groups is 1. The molecule has 2 aromatic rings. The van der Waals surface area contributed by atoms with Gasteiger partial charge in [0.25, 0.3) is 0 Å². The van der Waals surface area contributed by atoms with Crippen molar-refractivity contribution in [3.63, 3.8) is 0 Å². The lowest BCUT2D eigenvalue weighted by Gasteiger charge is -2.14. The van der Waals surface area contributed by atoms with Crippen molar-refractivity contribution in [3.05, 3.63) is 59.5 Å². The van der Waals surface area contributed by atoms with Crippen LogP contribution in [-0.4, -0.2) is 26.2 Å². The molecule has 0 unspecified atom stereocenters. The van der Waals surface area contributed by atoms with E-state index in [2.05, 4.69) is 34.7 Å². The molecule has 1 heterocycles. The molecule has 0 aliphatic carbocycles. The van der Waals surface area contributed by atoms with E-state index in [1.54, 1.807) is 13.3 Å². The number of benzene rings is 1. The SMILES string of the molecule is CCCOCc1ccccc1CNC(=NC)NCCc1ccco1.I. The number of furan rings is 1. The van der Waals surface area contributed by atoms with Gasteiger partial charge in [0, 0.05) is 33.2 Å². The van der Waals surface area contributed by atoms with Gasteiger partial charge in [0.15, 0.2) is 5.96 Å². The van der Waals surface area contributed by atoms with E-state index in [4.69, 9.17) is 9.15 Å². The molecule has 6 heteroatoms. The molecule has 0 radical (unpaired) electrons. The Bertz CT molecular complexity index is 615. The largest absolute Gasteiger partial charge is 0.469 e. The number of rotatable bonds is 9. The Kier molecular flexibility index (Phi) is 11.0. The van der Waals surface area contributed by atoms with Crippen LogP contribution in [0, 0.1) is 0 Å². The minimum Gasteiger partial charge on any atom is -0.469 e. The van der Waals surface area contributed by atoms with Gasteiger partial charge in [-0.3, -0.25) is 4.99 Å². The van der Waals surface area contributed by atoms with Crippen molar-refractivity contribution in [1.82, 2.24) is 10.6 Å². The van der Waals surface area contributed by atoms with E-state index < -0.39 is 0 Å². The molecule has 2 rings (SSSR count). The molecular weight excluding hydrogens is 429 g/mol. The quantitative estimate of drug-likeness (QED) is 0.261. The number of nitrogens with zero attached hydrogens (tertiary/aromatic N) is 1. The van der Waals surface area contributed by atoms with Gasteiger partial charge in [-0.2, -0.15) is 0 Å². The molecular formula is C19H28IN3O2. The van der Waals surface area contributed by atoms with E-state index in [0.29, 0.717) is 13.2 Å². The summed E-state index contributed by atoms with van der Waals surface area (Å²) in [5, 5.41) is 6.65. The third-order valence-corrected chi connectivity index (χ3v) is 3.64. The Hall–Kier alpha value is -1.54. The number of hydrogen-bond acceptors (Lipinski definition) is 3. The van der Waals surface area contributed by atoms with E-state index in [9.17, 15) is 0 Å². The van der Waals surface area contributed by atoms with Crippen LogP contribution in [-0.2, 0) is 24.3 Å². The summed E-state index contributed by atoms with van der Waals surface area (Å²) in [5.74, 6) is 1.75. The van der Waals surface area contributed by atoms with Crippen molar-refractivity contribution in [3.8, 4) is 0 Å². The lowest BCUT2D eigenvalue weighted by molar-refractivity contribution is 0.121. The van der Waals surface area contributed by atoms with Gasteiger partial charge >= 0.3 is 0 Å². The monoisotopic (exact) mass is 457 g/mol. The molecule has 5 nitrogen and oxygen atoms in total. The Morgan fingerprint density at radius 1 is 1.12 bits per heavy atom. The molecule has 0 spiro atoms. The fourth-order valence-corrected chi connectivity index (χ4v) is 2.36. The number of ether oxygens (including phenoxy) is 1. The minimum atomic E-state index is 0. The van der Waals surface area contributed by atoms with E-state index in [0.717, 1.165) is 37.7 Å². The number of nitrogens with one attached hydrogen (secondary N) is 2. The first-order valence-corrected chi connectivity index (χ1v) is 8.45. The maximum atomic E-state index is 5.66. The van der Waals surface area contributed by atoms with Gasteiger partial charge in [0.2, 0.25) is 0 Å². The van der Waals surface area contributed by atoms with Gasteiger partial charge in [-0.1, -0.05) is 31.2 Å². The van der Waals surface area contributed by atoms with Crippen LogP contribution in [0.4, 0.5) is 0 Å². The average molecular weight is 457 g/mol. The van der Waals surface area contributed by atoms with Gasteiger partial charge in [-0.25, -0.2) is 0 Å². The predicted octanol–water partition coefficient (Wildman–Crippen LogP) is 3.73. The van der Waals surface area contributed by atoms with Crippen molar-refractivity contribution in [2.24, 2.45) is 4.99 Å². The lowest BCUT2D eigenvalue weighted by atomic mass is 10.1. The fraction of sp³-hybridized carbons (Fsp3) is 0.421. The zero-order valence-electron chi connectivity index (χ0n) is 15.0. The molecule has 138 valence electrons. The average Bonchev–Trinajstić information content (AvgIpc) is 3.12. The van der Waals surface area contributed by atoms with Crippen LogP contribution < -0.4 is 10.6 Å². The predicted molar refractivity (Wildman–Crippen MR) is 112 cm³/mol. The third kappa shape index (κ3) is 7.92. The summed E-state index contributed by atoms with van der Waals surface area (Å²) in [4.78, 5) is 4.26. The molecule has 2 N–H and O–H groups in total. The van der Waals surface area contributed by atoms with E-state index >= 15 is 0 Å². The molecule has 0 aliphatic rings. The van der Waals surface area contributed by atoms with Crippen molar-refractivity contribution >= 4 is 29.9 Å². The summed E-state index contributed by atoms with van der Waals surface area (Å²) in [5.41, 5.74) is 2.44. The molecule has 0 bridgehead atoms. The van der Waals surface area contributed by atoms with Crippen LogP contribution in [0.15, 0.2) is 52.1 Å². The third-order valence-electron chi connectivity index (χ3n) is 3.64. The van der Waals surface area contributed by atoms with Crippen LogP contribution >= 0.6 is 24.0 Å². The van der Waals surface area contributed by atoms with Crippen LogP contribution in [0.25, 0.3) is 0 Å².